The molecule has 3 heterocycles. The maximum Gasteiger partial charge on any atom is 0.162 e. The van der Waals surface area contributed by atoms with E-state index in [9.17, 15) is 5.11 Å². The third kappa shape index (κ3) is 3.30. The van der Waals surface area contributed by atoms with Crippen LogP contribution >= 0.6 is 0 Å². The molecule has 0 atom stereocenters. The largest absolute Gasteiger partial charge is 0.456 e. The average molecular weight is 516 g/mol. The first kappa shape index (κ1) is 24.7. The van der Waals surface area contributed by atoms with Gasteiger partial charge in [-0.1, -0.05) is 0 Å². The van der Waals surface area contributed by atoms with Crippen LogP contribution in [0.25, 0.3) is 0 Å². The third-order valence-electron chi connectivity index (χ3n) is 8.28. The average Bonchev–Trinajstić information content (AvgIpc) is 2.90. The van der Waals surface area contributed by atoms with Gasteiger partial charge in [-0.2, -0.15) is 0 Å². The maximum atomic E-state index is 12.8. The summed E-state index contributed by atoms with van der Waals surface area (Å²) in [5.41, 5.74) is 3.51. The van der Waals surface area contributed by atoms with Crippen LogP contribution in [0.4, 0.5) is 17.1 Å². The highest BCUT2D eigenvalue weighted by Crippen LogP contribution is 2.66. The normalized spacial score (nSPS) is 14.6. The van der Waals surface area contributed by atoms with Gasteiger partial charge in [0.15, 0.2) is 5.60 Å². The molecule has 0 aliphatic carbocycles. The van der Waals surface area contributed by atoms with Gasteiger partial charge in [0, 0.05) is 92.7 Å². The molecule has 1 N–H and O–H groups in total. The van der Waals surface area contributed by atoms with E-state index in [4.69, 9.17) is 14.2 Å². The number of ether oxygens (including phenoxy) is 3. The zero-order valence-corrected chi connectivity index (χ0v) is 23.2. The molecule has 0 bridgehead atoms. The molecule has 6 rings (SSSR count). The van der Waals surface area contributed by atoms with E-state index in [1.165, 1.54) is 0 Å². The zero-order chi connectivity index (χ0) is 26.8. The number of benzene rings is 3. The Morgan fingerprint density at radius 2 is 0.684 bits per heavy atom. The summed E-state index contributed by atoms with van der Waals surface area (Å²) in [5, 5.41) is 12.8. The predicted molar refractivity (Wildman–Crippen MR) is 152 cm³/mol. The van der Waals surface area contributed by atoms with E-state index in [1.807, 2.05) is 36.4 Å². The predicted octanol–water partition coefficient (Wildman–Crippen LogP) is 6.83. The summed E-state index contributed by atoms with van der Waals surface area (Å²) in [6.07, 6.45) is 0. The second-order valence-corrected chi connectivity index (χ2v) is 9.98. The molecule has 0 saturated carbocycles. The molecule has 0 fully saturated rings. The van der Waals surface area contributed by atoms with E-state index in [0.29, 0.717) is 51.2 Å². The summed E-state index contributed by atoms with van der Waals surface area (Å²) < 4.78 is 19.8. The Kier molecular flexibility index (Phi) is 5.87. The number of hydrogen-bond donors (Lipinski definition) is 1. The number of rotatable bonds is 9. The number of anilines is 3. The highest BCUT2D eigenvalue weighted by Gasteiger charge is 2.55. The summed E-state index contributed by atoms with van der Waals surface area (Å²) >= 11 is 0. The zero-order valence-electron chi connectivity index (χ0n) is 23.2. The first-order chi connectivity index (χ1) is 18.4. The van der Waals surface area contributed by atoms with Crippen molar-refractivity contribution in [1.29, 1.82) is 0 Å². The van der Waals surface area contributed by atoms with Crippen LogP contribution in [0, 0.1) is 0 Å². The molecule has 7 nitrogen and oxygen atoms in total. The lowest BCUT2D eigenvalue weighted by Gasteiger charge is -2.45. The van der Waals surface area contributed by atoms with Crippen LogP contribution in [0.2, 0.25) is 0 Å². The number of nitrogens with zero attached hydrogens (tertiary/aromatic N) is 3. The van der Waals surface area contributed by atoms with Crippen LogP contribution in [0.3, 0.4) is 0 Å². The molecule has 7 heteroatoms. The fourth-order valence-corrected chi connectivity index (χ4v) is 6.33. The van der Waals surface area contributed by atoms with E-state index in [0.717, 1.165) is 56.3 Å². The molecule has 0 unspecified atom stereocenters. The van der Waals surface area contributed by atoms with Crippen LogP contribution in [-0.2, 0) is 5.60 Å². The highest BCUT2D eigenvalue weighted by molar-refractivity contribution is 5.81. The summed E-state index contributed by atoms with van der Waals surface area (Å²) in [4.78, 5) is 6.79. The van der Waals surface area contributed by atoms with Crippen LogP contribution in [0.15, 0.2) is 36.4 Å². The molecule has 3 aromatic carbocycles. The molecule has 3 aliphatic rings. The number of hydrogen-bond acceptors (Lipinski definition) is 7. The smallest absolute Gasteiger partial charge is 0.162 e. The standard InChI is InChI=1S/C31H37N3O4/c1-7-32(8-2)19-13-22-28-23(14-19)37-25-16-21(34(11-5)12-6)18-27-30(25)31(28,35)29-24(36-22)15-20(17-26(29)38-27)33(9-3)10-4/h13-18,35H,7-12H2,1-6H3. The van der Waals surface area contributed by atoms with Crippen molar-refractivity contribution in [3.8, 4) is 34.5 Å². The first-order valence-electron chi connectivity index (χ1n) is 14.0. The van der Waals surface area contributed by atoms with Gasteiger partial charge in [-0.3, -0.25) is 0 Å². The van der Waals surface area contributed by atoms with Crippen molar-refractivity contribution in [2.75, 3.05) is 54.0 Å². The molecular formula is C31H37N3O4. The van der Waals surface area contributed by atoms with Crippen molar-refractivity contribution in [2.24, 2.45) is 0 Å². The number of aliphatic hydroxyl groups is 1. The Bertz CT molecular complexity index is 1170. The van der Waals surface area contributed by atoms with Gasteiger partial charge in [-0.05, 0) is 41.5 Å². The van der Waals surface area contributed by atoms with Crippen molar-refractivity contribution >= 4 is 17.1 Å². The van der Waals surface area contributed by atoms with Gasteiger partial charge in [-0.15, -0.1) is 0 Å². The summed E-state index contributed by atoms with van der Waals surface area (Å²) in [6.45, 7) is 17.9. The monoisotopic (exact) mass is 515 g/mol. The Labute approximate surface area is 225 Å². The molecule has 0 aromatic heterocycles. The van der Waals surface area contributed by atoms with Crippen molar-refractivity contribution < 1.29 is 19.3 Å². The molecule has 0 radical (unpaired) electrons. The summed E-state index contributed by atoms with van der Waals surface area (Å²) in [7, 11) is 0. The SMILES string of the molecule is CCN(CC)c1cc2c3c(c1)Oc1cc(N(CC)CC)cc4c1C3(O)c1c(cc(N(CC)CC)cc1O4)O2. The maximum absolute atomic E-state index is 12.8. The highest BCUT2D eigenvalue weighted by atomic mass is 16.5. The second-order valence-electron chi connectivity index (χ2n) is 9.98. The first-order valence-corrected chi connectivity index (χ1v) is 14.0. The third-order valence-corrected chi connectivity index (χ3v) is 8.28. The Morgan fingerprint density at radius 3 is 0.868 bits per heavy atom. The lowest BCUT2D eigenvalue weighted by Crippen LogP contribution is -2.39. The lowest BCUT2D eigenvalue weighted by atomic mass is 9.73. The van der Waals surface area contributed by atoms with E-state index >= 15 is 0 Å². The molecule has 3 aromatic rings. The Balaban J connectivity index is 1.66. The Morgan fingerprint density at radius 1 is 0.474 bits per heavy atom. The van der Waals surface area contributed by atoms with Gasteiger partial charge in [0.1, 0.15) is 34.5 Å². The molecule has 3 aliphatic heterocycles. The topological polar surface area (TPSA) is 57.6 Å². The molecule has 0 amide bonds. The van der Waals surface area contributed by atoms with Crippen LogP contribution in [-0.4, -0.2) is 44.4 Å². The van der Waals surface area contributed by atoms with Gasteiger partial charge < -0.3 is 34.0 Å². The van der Waals surface area contributed by atoms with E-state index < -0.39 is 5.60 Å². The van der Waals surface area contributed by atoms with E-state index in [-0.39, 0.29) is 0 Å². The minimum absolute atomic E-state index is 0.619. The van der Waals surface area contributed by atoms with Crippen molar-refractivity contribution in [2.45, 2.75) is 47.1 Å². The van der Waals surface area contributed by atoms with Crippen molar-refractivity contribution in [3.63, 3.8) is 0 Å². The Hall–Kier alpha value is -3.58. The van der Waals surface area contributed by atoms with E-state index in [1.54, 1.807) is 0 Å². The molecule has 200 valence electrons. The van der Waals surface area contributed by atoms with Crippen molar-refractivity contribution in [3.05, 3.63) is 53.1 Å². The molecule has 0 spiro atoms. The van der Waals surface area contributed by atoms with Crippen LogP contribution in [0.5, 0.6) is 34.5 Å². The molecular weight excluding hydrogens is 478 g/mol. The van der Waals surface area contributed by atoms with Gasteiger partial charge >= 0.3 is 0 Å². The van der Waals surface area contributed by atoms with Gasteiger partial charge in [0.05, 0.1) is 16.7 Å². The minimum Gasteiger partial charge on any atom is -0.456 e. The summed E-state index contributed by atoms with van der Waals surface area (Å²) in [6, 6.07) is 12.2. The van der Waals surface area contributed by atoms with Crippen LogP contribution < -0.4 is 28.9 Å². The fraction of sp³-hybridized carbons (Fsp3) is 0.419. The minimum atomic E-state index is -1.44. The molecule has 38 heavy (non-hydrogen) atoms. The molecule has 0 saturated heterocycles. The second kappa shape index (κ2) is 9.02. The summed E-state index contributed by atoms with van der Waals surface area (Å²) in [5.74, 6) is 3.71. The fourth-order valence-electron chi connectivity index (χ4n) is 6.33. The van der Waals surface area contributed by atoms with E-state index in [2.05, 4.69) is 56.2 Å². The van der Waals surface area contributed by atoms with Gasteiger partial charge in [-0.25, -0.2) is 0 Å². The van der Waals surface area contributed by atoms with Gasteiger partial charge in [0.25, 0.3) is 0 Å². The van der Waals surface area contributed by atoms with Crippen molar-refractivity contribution in [1.82, 2.24) is 0 Å². The quantitative estimate of drug-likeness (QED) is 0.262. The van der Waals surface area contributed by atoms with Gasteiger partial charge in [0.2, 0.25) is 0 Å². The van der Waals surface area contributed by atoms with Crippen LogP contribution in [0.1, 0.15) is 58.2 Å². The lowest BCUT2D eigenvalue weighted by molar-refractivity contribution is 0.0874.